The molecule has 1 fully saturated rings. The van der Waals surface area contributed by atoms with Crippen LogP contribution in [0, 0.1) is 17.3 Å². The Morgan fingerprint density at radius 2 is 1.81 bits per heavy atom. The number of amides is 1. The van der Waals surface area contributed by atoms with Gasteiger partial charge in [0.15, 0.2) is 0 Å². The molecule has 21 heavy (non-hydrogen) atoms. The minimum atomic E-state index is -0.392. The molecule has 0 saturated carbocycles. The van der Waals surface area contributed by atoms with Crippen LogP contribution in [0.5, 0.6) is 0 Å². The number of nitrogens with one attached hydrogen (secondary N) is 1. The van der Waals surface area contributed by atoms with E-state index in [1.807, 2.05) is 0 Å². The number of hydrogen-bond acceptors (Lipinski definition) is 3. The van der Waals surface area contributed by atoms with Gasteiger partial charge in [0, 0.05) is 32.2 Å². The molecule has 0 aliphatic carbocycles. The number of carbonyl (C=O) groups excluding carboxylic acids is 1. The summed E-state index contributed by atoms with van der Waals surface area (Å²) in [5, 5.41) is 3.19. The number of carbonyl (C=O) groups is 1. The molecule has 1 rings (SSSR count). The highest BCUT2D eigenvalue weighted by Crippen LogP contribution is 2.25. The van der Waals surface area contributed by atoms with Gasteiger partial charge in [0.2, 0.25) is 5.91 Å². The zero-order valence-corrected chi connectivity index (χ0v) is 14.6. The lowest BCUT2D eigenvalue weighted by Gasteiger charge is -2.37. The van der Waals surface area contributed by atoms with E-state index < -0.39 is 5.41 Å². The van der Waals surface area contributed by atoms with Crippen molar-refractivity contribution in [2.24, 2.45) is 23.0 Å². The molecule has 1 aliphatic rings. The van der Waals surface area contributed by atoms with Crippen molar-refractivity contribution >= 4 is 5.91 Å². The summed E-state index contributed by atoms with van der Waals surface area (Å²) in [6.07, 6.45) is 2.92. The third-order valence-electron chi connectivity index (χ3n) is 5.08. The Hall–Kier alpha value is -0.610. The van der Waals surface area contributed by atoms with Gasteiger partial charge >= 0.3 is 0 Å². The van der Waals surface area contributed by atoms with Gasteiger partial charge in [-0.05, 0) is 38.0 Å². The van der Waals surface area contributed by atoms with Crippen LogP contribution in [0.1, 0.15) is 53.9 Å². The number of piperidine rings is 1. The lowest BCUT2D eigenvalue weighted by molar-refractivity contribution is -0.131. The third kappa shape index (κ3) is 4.96. The number of hydrogen-bond donors (Lipinski definition) is 2. The second kappa shape index (κ2) is 8.14. The van der Waals surface area contributed by atoms with Crippen LogP contribution in [-0.2, 0) is 4.79 Å². The first-order chi connectivity index (χ1) is 9.86. The minimum absolute atomic E-state index is 0.126. The number of rotatable bonds is 7. The molecule has 1 amide bonds. The third-order valence-corrected chi connectivity index (χ3v) is 5.08. The normalized spacial score (nSPS) is 25.6. The molecule has 1 aliphatic heterocycles. The Kier molecular flexibility index (Phi) is 7.14. The Bertz CT molecular complexity index is 310. The SMILES string of the molecule is CCC(CC)(CN)C(=O)NC(C)CN1CC(C)CC(C)C1. The predicted molar refractivity (Wildman–Crippen MR) is 89.1 cm³/mol. The molecule has 0 radical (unpaired) electrons. The number of likely N-dealkylation sites (tertiary alicyclic amines) is 1. The van der Waals surface area contributed by atoms with Crippen molar-refractivity contribution in [3.63, 3.8) is 0 Å². The topological polar surface area (TPSA) is 58.4 Å². The molecule has 1 heterocycles. The van der Waals surface area contributed by atoms with E-state index in [1.165, 1.54) is 6.42 Å². The highest BCUT2D eigenvalue weighted by Gasteiger charge is 2.34. The fourth-order valence-electron chi connectivity index (χ4n) is 3.70. The molecule has 0 bridgehead atoms. The van der Waals surface area contributed by atoms with Gasteiger partial charge in [-0.3, -0.25) is 4.79 Å². The van der Waals surface area contributed by atoms with Gasteiger partial charge in [-0.25, -0.2) is 0 Å². The summed E-state index contributed by atoms with van der Waals surface area (Å²) in [6, 6.07) is 0.180. The van der Waals surface area contributed by atoms with Crippen molar-refractivity contribution in [3.05, 3.63) is 0 Å². The molecule has 0 aromatic heterocycles. The van der Waals surface area contributed by atoms with Gasteiger partial charge in [-0.1, -0.05) is 27.7 Å². The Morgan fingerprint density at radius 1 is 1.29 bits per heavy atom. The maximum atomic E-state index is 12.5. The summed E-state index contributed by atoms with van der Waals surface area (Å²) in [5.74, 6) is 1.64. The van der Waals surface area contributed by atoms with E-state index in [0.717, 1.165) is 44.3 Å². The lowest BCUT2D eigenvalue weighted by atomic mass is 9.81. The maximum absolute atomic E-state index is 12.5. The zero-order valence-electron chi connectivity index (χ0n) is 14.6. The standard InChI is InChI=1S/C17H35N3O/c1-6-17(7-2,12-18)16(21)19-15(5)11-20-9-13(3)8-14(4)10-20/h13-15H,6-12,18H2,1-5H3,(H,19,21). The Balaban J connectivity index is 2.52. The van der Waals surface area contributed by atoms with Crippen LogP contribution in [0.15, 0.2) is 0 Å². The van der Waals surface area contributed by atoms with Crippen LogP contribution >= 0.6 is 0 Å². The van der Waals surface area contributed by atoms with Crippen molar-refractivity contribution < 1.29 is 4.79 Å². The first-order valence-electron chi connectivity index (χ1n) is 8.60. The molecule has 3 unspecified atom stereocenters. The van der Waals surface area contributed by atoms with Crippen LogP contribution in [0.3, 0.4) is 0 Å². The van der Waals surface area contributed by atoms with Gasteiger partial charge in [-0.2, -0.15) is 0 Å². The van der Waals surface area contributed by atoms with E-state index in [-0.39, 0.29) is 11.9 Å². The molecule has 3 N–H and O–H groups in total. The Labute approximate surface area is 130 Å². The van der Waals surface area contributed by atoms with Crippen molar-refractivity contribution in [1.82, 2.24) is 10.2 Å². The highest BCUT2D eigenvalue weighted by atomic mass is 16.2. The lowest BCUT2D eigenvalue weighted by Crippen LogP contribution is -2.52. The van der Waals surface area contributed by atoms with Gasteiger partial charge < -0.3 is 16.0 Å². The number of nitrogens with zero attached hydrogens (tertiary/aromatic N) is 1. The smallest absolute Gasteiger partial charge is 0.227 e. The summed E-state index contributed by atoms with van der Waals surface area (Å²) in [4.78, 5) is 15.0. The average molecular weight is 297 g/mol. The fourth-order valence-corrected chi connectivity index (χ4v) is 3.70. The van der Waals surface area contributed by atoms with Crippen molar-refractivity contribution in [2.75, 3.05) is 26.2 Å². The van der Waals surface area contributed by atoms with Gasteiger partial charge in [-0.15, -0.1) is 0 Å². The van der Waals surface area contributed by atoms with Crippen LogP contribution in [-0.4, -0.2) is 43.0 Å². The van der Waals surface area contributed by atoms with Gasteiger partial charge in [0.25, 0.3) is 0 Å². The average Bonchev–Trinajstić information content (AvgIpc) is 2.39. The van der Waals surface area contributed by atoms with E-state index in [4.69, 9.17) is 5.73 Å². The van der Waals surface area contributed by atoms with E-state index in [2.05, 4.69) is 44.8 Å². The van der Waals surface area contributed by atoms with E-state index in [9.17, 15) is 4.79 Å². The van der Waals surface area contributed by atoms with E-state index in [0.29, 0.717) is 6.54 Å². The van der Waals surface area contributed by atoms with Crippen molar-refractivity contribution in [2.45, 2.75) is 59.9 Å². The second-order valence-electron chi connectivity index (χ2n) is 7.23. The van der Waals surface area contributed by atoms with Crippen molar-refractivity contribution in [3.8, 4) is 0 Å². The van der Waals surface area contributed by atoms with E-state index in [1.54, 1.807) is 0 Å². The molecule has 124 valence electrons. The summed E-state index contributed by atoms with van der Waals surface area (Å²) in [6.45, 7) is 14.5. The molecule has 1 saturated heterocycles. The summed E-state index contributed by atoms with van der Waals surface area (Å²) < 4.78 is 0. The van der Waals surface area contributed by atoms with Crippen LogP contribution in [0.4, 0.5) is 0 Å². The maximum Gasteiger partial charge on any atom is 0.227 e. The fraction of sp³-hybridized carbons (Fsp3) is 0.941. The van der Waals surface area contributed by atoms with Crippen LogP contribution in [0.25, 0.3) is 0 Å². The van der Waals surface area contributed by atoms with Crippen LogP contribution < -0.4 is 11.1 Å². The molecular formula is C17H35N3O. The predicted octanol–water partition coefficient (Wildman–Crippen LogP) is 2.23. The largest absolute Gasteiger partial charge is 0.352 e. The summed E-state index contributed by atoms with van der Waals surface area (Å²) in [5.41, 5.74) is 5.46. The molecule has 0 spiro atoms. The van der Waals surface area contributed by atoms with Gasteiger partial charge in [0.1, 0.15) is 0 Å². The first kappa shape index (κ1) is 18.4. The minimum Gasteiger partial charge on any atom is -0.352 e. The molecule has 0 aromatic carbocycles. The first-order valence-corrected chi connectivity index (χ1v) is 8.60. The second-order valence-corrected chi connectivity index (χ2v) is 7.23. The van der Waals surface area contributed by atoms with E-state index >= 15 is 0 Å². The summed E-state index contributed by atoms with van der Waals surface area (Å²) in [7, 11) is 0. The zero-order chi connectivity index (χ0) is 16.0. The summed E-state index contributed by atoms with van der Waals surface area (Å²) >= 11 is 0. The number of nitrogens with two attached hydrogens (primary N) is 1. The highest BCUT2D eigenvalue weighted by molar-refractivity contribution is 5.83. The molecule has 0 aromatic rings. The van der Waals surface area contributed by atoms with Crippen LogP contribution in [0.2, 0.25) is 0 Å². The van der Waals surface area contributed by atoms with Crippen molar-refractivity contribution in [1.29, 1.82) is 0 Å². The molecule has 3 atom stereocenters. The quantitative estimate of drug-likeness (QED) is 0.757. The Morgan fingerprint density at radius 3 is 2.24 bits per heavy atom. The molecular weight excluding hydrogens is 262 g/mol. The molecule has 4 nitrogen and oxygen atoms in total. The monoisotopic (exact) mass is 297 g/mol. The molecule has 4 heteroatoms. The van der Waals surface area contributed by atoms with Gasteiger partial charge in [0.05, 0.1) is 5.41 Å².